The zero-order valence-corrected chi connectivity index (χ0v) is 26.8. The van der Waals surface area contributed by atoms with Crippen LogP contribution in [0.1, 0.15) is 27.8 Å². The normalized spacial score (nSPS) is 11.3. The number of rotatable bonds is 6. The van der Waals surface area contributed by atoms with Crippen LogP contribution < -0.4 is 15.9 Å². The fourth-order valence-corrected chi connectivity index (χ4v) is 11.3. The van der Waals surface area contributed by atoms with Gasteiger partial charge in [0.25, 0.3) is 0 Å². The van der Waals surface area contributed by atoms with Gasteiger partial charge in [-0.3, -0.25) is 0 Å². The van der Waals surface area contributed by atoms with Crippen LogP contribution in [0.25, 0.3) is 0 Å². The summed E-state index contributed by atoms with van der Waals surface area (Å²) in [5.41, 5.74) is 7.34. The van der Waals surface area contributed by atoms with Gasteiger partial charge in [0.05, 0.1) is 24.7 Å². The Bertz CT molecular complexity index is 1360. The molecule has 0 saturated heterocycles. The Morgan fingerprint density at radius 3 is 1.49 bits per heavy atom. The van der Waals surface area contributed by atoms with E-state index >= 15 is 0 Å². The van der Waals surface area contributed by atoms with Crippen molar-refractivity contribution in [1.29, 1.82) is 0 Å². The quantitative estimate of drug-likeness (QED) is 0.137. The van der Waals surface area contributed by atoms with Crippen molar-refractivity contribution < 1.29 is 16.8 Å². The molecule has 0 saturated carbocycles. The molecular weight excluding hydrogens is 553 g/mol. The molecule has 1 atom stereocenters. The molecule has 5 aromatic carbocycles. The summed E-state index contributed by atoms with van der Waals surface area (Å²) in [6.07, 6.45) is 2.52. The van der Waals surface area contributed by atoms with E-state index in [-0.39, 0.29) is 16.8 Å². The maximum absolute atomic E-state index is 2.32. The van der Waals surface area contributed by atoms with Crippen LogP contribution >= 0.6 is 15.5 Å². The second-order valence-corrected chi connectivity index (χ2v) is 15.3. The molecule has 3 heteroatoms. The summed E-state index contributed by atoms with van der Waals surface area (Å²) in [6.45, 7) is 11.0. The third-order valence-corrected chi connectivity index (χ3v) is 14.0. The van der Waals surface area contributed by atoms with Crippen LogP contribution in [0, 0.1) is 39.6 Å². The van der Waals surface area contributed by atoms with E-state index in [1.54, 1.807) is 0 Å². The SMILES string of the molecule is Cc1c(C)c(C)[c-](C)c1C.[Co].c1ccc([PH](CC[PH+](c2ccccc2)c2ccccc2)=c2[cH-][cH-][cH-][cH-][cH-]2)cc1. The largest absolute Gasteiger partial charge is 0.638 e. The van der Waals surface area contributed by atoms with Crippen molar-refractivity contribution in [3.8, 4) is 0 Å². The molecule has 0 nitrogen and oxygen atoms in total. The van der Waals surface area contributed by atoms with E-state index in [0.29, 0.717) is 0 Å². The van der Waals surface area contributed by atoms with Crippen molar-refractivity contribution in [2.45, 2.75) is 34.6 Å². The minimum Gasteiger partial charge on any atom is -0.638 e. The van der Waals surface area contributed by atoms with Crippen LogP contribution in [-0.4, -0.2) is 12.3 Å². The number of benzene rings is 4. The van der Waals surface area contributed by atoms with Gasteiger partial charge >= 0.3 is 0 Å². The van der Waals surface area contributed by atoms with Gasteiger partial charge in [-0.25, -0.2) is 7.55 Å². The van der Waals surface area contributed by atoms with Crippen molar-refractivity contribution in [3.63, 3.8) is 0 Å². The molecule has 0 aromatic heterocycles. The smallest absolute Gasteiger partial charge is 0.0967 e. The third kappa shape index (κ3) is 8.06. The van der Waals surface area contributed by atoms with Crippen LogP contribution in [0.2, 0.25) is 0 Å². The summed E-state index contributed by atoms with van der Waals surface area (Å²) in [6, 6.07) is 44.5. The zero-order chi connectivity index (χ0) is 26.9. The van der Waals surface area contributed by atoms with E-state index in [9.17, 15) is 0 Å². The number of hydrogen-bond donors (Lipinski definition) is 0. The molecule has 0 N–H and O–H groups in total. The first-order chi connectivity index (χ1) is 18.5. The molecule has 1 radical (unpaired) electrons. The minimum absolute atomic E-state index is 0. The Hall–Kier alpha value is -2.40. The van der Waals surface area contributed by atoms with Gasteiger partial charge in [-0.2, -0.15) is 27.8 Å². The Kier molecular flexibility index (Phi) is 12.3. The summed E-state index contributed by atoms with van der Waals surface area (Å²) < 4.78 is 0. The maximum atomic E-state index is 2.32. The fourth-order valence-electron chi connectivity index (χ4n) is 5.12. The van der Waals surface area contributed by atoms with Crippen LogP contribution in [0.5, 0.6) is 0 Å². The molecule has 5 aromatic rings. The molecule has 0 spiro atoms. The molecule has 0 aliphatic heterocycles. The van der Waals surface area contributed by atoms with Gasteiger partial charge in [0.1, 0.15) is 0 Å². The van der Waals surface area contributed by atoms with Crippen LogP contribution in [0.15, 0.2) is 121 Å². The van der Waals surface area contributed by atoms with Gasteiger partial charge in [-0.05, 0) is 30.4 Å². The predicted octanol–water partition coefficient (Wildman–Crippen LogP) is 8.29. The van der Waals surface area contributed by atoms with Crippen LogP contribution in [0.3, 0.4) is 0 Å². The van der Waals surface area contributed by atoms with E-state index in [1.165, 1.54) is 61.0 Å². The van der Waals surface area contributed by atoms with Crippen LogP contribution in [-0.2, 0) is 16.8 Å². The molecule has 39 heavy (non-hydrogen) atoms. The first-order valence-corrected chi connectivity index (χ1v) is 17.0. The van der Waals surface area contributed by atoms with Crippen molar-refractivity contribution in [2.24, 2.45) is 0 Å². The molecule has 209 valence electrons. The van der Waals surface area contributed by atoms with E-state index in [4.69, 9.17) is 0 Å². The summed E-state index contributed by atoms with van der Waals surface area (Å²) in [7, 11) is -1.57. The van der Waals surface area contributed by atoms with Crippen molar-refractivity contribution in [2.75, 3.05) is 12.3 Å². The van der Waals surface area contributed by atoms with E-state index < -0.39 is 15.5 Å². The molecule has 0 aliphatic rings. The van der Waals surface area contributed by atoms with Crippen LogP contribution in [0.4, 0.5) is 0 Å². The Morgan fingerprint density at radius 2 is 1.08 bits per heavy atom. The molecule has 0 heterocycles. The molecule has 5 rings (SSSR count). The zero-order valence-electron chi connectivity index (χ0n) is 23.8. The van der Waals surface area contributed by atoms with Gasteiger partial charge in [0.2, 0.25) is 0 Å². The molecule has 1 unspecified atom stereocenters. The van der Waals surface area contributed by atoms with Crippen molar-refractivity contribution in [3.05, 3.63) is 154 Å². The summed E-state index contributed by atoms with van der Waals surface area (Å²) in [5, 5.41) is 4.54. The van der Waals surface area contributed by atoms with Crippen molar-refractivity contribution in [1.82, 2.24) is 0 Å². The molecule has 0 amide bonds. The predicted molar refractivity (Wildman–Crippen MR) is 176 cm³/mol. The van der Waals surface area contributed by atoms with E-state index in [0.717, 1.165) is 0 Å². The van der Waals surface area contributed by atoms with E-state index in [2.05, 4.69) is 156 Å². The molecule has 0 aliphatic carbocycles. The standard InChI is InChI=1S/C26H25P2.C10H15.Co/c1-5-13-23(14-6-1)27(24-15-7-2-8-16-24)21-22-28(25-17-9-3-10-18-25)26-19-11-4-12-20-26;1-6-7(2)9(4)10(5)8(6)3;/h1-20,27H,21-22H2;1-5H3;/q-5;-1;/p+1. The van der Waals surface area contributed by atoms with Gasteiger partial charge in [-0.1, -0.05) is 107 Å². The molecule has 0 fully saturated rings. The monoisotopic (exact) mass is 594 g/mol. The van der Waals surface area contributed by atoms with Gasteiger partial charge in [-0.15, -0.1) is 0 Å². The molecular formula is C36H41CoP2-5. The summed E-state index contributed by atoms with van der Waals surface area (Å²) in [5.74, 6) is 0. The van der Waals surface area contributed by atoms with Gasteiger partial charge in [0.15, 0.2) is 0 Å². The topological polar surface area (TPSA) is 0 Å². The first kappa shape index (κ1) is 31.1. The number of hydrogen-bond acceptors (Lipinski definition) is 0. The maximum Gasteiger partial charge on any atom is 0.0967 e. The summed E-state index contributed by atoms with van der Waals surface area (Å²) in [4.78, 5) is 1.51. The average molecular weight is 595 g/mol. The Balaban J connectivity index is 0.000000324. The average Bonchev–Trinajstić information content (AvgIpc) is 3.15. The second kappa shape index (κ2) is 15.4. The second-order valence-electron chi connectivity index (χ2n) is 10.0. The Morgan fingerprint density at radius 1 is 0.641 bits per heavy atom. The minimum atomic E-state index is -0.783. The van der Waals surface area contributed by atoms with Gasteiger partial charge in [0, 0.05) is 16.8 Å². The fraction of sp³-hybridized carbons (Fsp3) is 0.194. The Labute approximate surface area is 248 Å². The van der Waals surface area contributed by atoms with Crippen molar-refractivity contribution >= 4 is 31.4 Å². The van der Waals surface area contributed by atoms with Gasteiger partial charge < -0.3 is 35.3 Å². The third-order valence-electron chi connectivity index (χ3n) is 7.93. The van der Waals surface area contributed by atoms with E-state index in [1.807, 2.05) is 0 Å². The summed E-state index contributed by atoms with van der Waals surface area (Å²) >= 11 is 0. The molecule has 0 bridgehead atoms. The first-order valence-electron chi connectivity index (χ1n) is 13.6.